The summed E-state index contributed by atoms with van der Waals surface area (Å²) in [5.41, 5.74) is 32.3. The van der Waals surface area contributed by atoms with Crippen molar-refractivity contribution in [1.29, 1.82) is 0 Å². The lowest BCUT2D eigenvalue weighted by atomic mass is 9.93. The van der Waals surface area contributed by atoms with Crippen molar-refractivity contribution in [2.75, 3.05) is 59.5 Å². The normalized spacial score (nSPS) is 14.6. The molecule has 1 atom stereocenters. The van der Waals surface area contributed by atoms with Crippen LogP contribution < -0.4 is 42.2 Å². The first-order valence-electron chi connectivity index (χ1n) is 21.4. The van der Waals surface area contributed by atoms with Crippen LogP contribution in [0.25, 0.3) is 27.8 Å². The van der Waals surface area contributed by atoms with E-state index in [1.807, 2.05) is 38.4 Å². The molecular weight excluding hydrogens is 741 g/mol. The van der Waals surface area contributed by atoms with E-state index in [9.17, 15) is 0 Å². The van der Waals surface area contributed by atoms with Gasteiger partial charge < -0.3 is 37.6 Å². The van der Waals surface area contributed by atoms with Gasteiger partial charge in [0, 0.05) is 91.3 Å². The van der Waals surface area contributed by atoms with Crippen LogP contribution in [0.2, 0.25) is 0 Å². The molecule has 8 rings (SSSR count). The molecular formula is C50H59N10+. The number of unbranched alkanes of at least 4 members (excludes halogenated alkanes) is 5. The standard InChI is InChI=1S/C50H58N10/c1-31-23-43-47(27-39(31)53-5)59(37-17-13-35(51)14-18-37)49-29-41(33(3)25-45(49)57-43)55-21-11-9-7-8-10-12-22-56-42-30-50-46(26-34(42)4)58-44-24-32(2)40(54-6)28-48(44)60(50)38-19-15-36(52)16-20-38/h13-20,23-30,49,53,55H,7-12,21-22,51-52H2,1-6H3,(H,54,56)/p+1. The van der Waals surface area contributed by atoms with Gasteiger partial charge in [-0.25, -0.2) is 9.98 Å². The number of anilines is 7. The maximum Gasteiger partial charge on any atom is 0.239 e. The lowest BCUT2D eigenvalue weighted by Crippen LogP contribution is -2.41. The van der Waals surface area contributed by atoms with E-state index in [0.29, 0.717) is 0 Å². The molecule has 6 aromatic rings. The molecule has 2 aliphatic rings. The van der Waals surface area contributed by atoms with Crippen molar-refractivity contribution in [3.05, 3.63) is 125 Å². The van der Waals surface area contributed by atoms with E-state index in [-0.39, 0.29) is 6.04 Å². The molecule has 0 bridgehead atoms. The van der Waals surface area contributed by atoms with Crippen LogP contribution in [0.1, 0.15) is 62.1 Å². The molecule has 1 aromatic heterocycles. The average Bonchev–Trinajstić information content (AvgIpc) is 3.23. The van der Waals surface area contributed by atoms with E-state index >= 15 is 0 Å². The second-order valence-corrected chi connectivity index (χ2v) is 16.3. The third-order valence-electron chi connectivity index (χ3n) is 12.0. The summed E-state index contributed by atoms with van der Waals surface area (Å²) in [6.07, 6.45) is 11.7. The van der Waals surface area contributed by atoms with Crippen molar-refractivity contribution >= 4 is 73.3 Å². The predicted octanol–water partition coefficient (Wildman–Crippen LogP) is 10.3. The Hall–Kier alpha value is -6.55. The molecule has 0 radical (unpaired) electrons. The van der Waals surface area contributed by atoms with Crippen molar-refractivity contribution in [2.45, 2.75) is 72.3 Å². The van der Waals surface area contributed by atoms with E-state index in [0.717, 1.165) is 105 Å². The molecule has 2 heterocycles. The fourth-order valence-electron chi connectivity index (χ4n) is 8.64. The summed E-state index contributed by atoms with van der Waals surface area (Å²) < 4.78 is 2.30. The number of hydrogen-bond donors (Lipinski definition) is 6. The summed E-state index contributed by atoms with van der Waals surface area (Å²) in [5.74, 6) is 0. The van der Waals surface area contributed by atoms with Gasteiger partial charge in [-0.3, -0.25) is 0 Å². The number of fused-ring (bicyclic) bond motifs is 4. The number of rotatable bonds is 15. The van der Waals surface area contributed by atoms with Gasteiger partial charge in [0.05, 0.1) is 23.1 Å². The maximum absolute atomic E-state index is 6.10. The SMILES string of the molecule is CNc1cc2c(cc1C)N=C1C=C(C)C(NCCCCCCCCNc3cc4c(cc3C)nc3cc(C)c(NC)cc3[n+]4-c3ccc(N)cc3)=CC1N2c1ccc(N)cc1. The number of nitrogens with zero attached hydrogens (tertiary/aromatic N) is 4. The summed E-state index contributed by atoms with van der Waals surface area (Å²) in [7, 11) is 3.93. The zero-order valence-corrected chi connectivity index (χ0v) is 35.9. The van der Waals surface area contributed by atoms with Gasteiger partial charge >= 0.3 is 0 Å². The van der Waals surface area contributed by atoms with Gasteiger partial charge in [0.15, 0.2) is 0 Å². The zero-order chi connectivity index (χ0) is 41.9. The second-order valence-electron chi connectivity index (χ2n) is 16.3. The zero-order valence-electron chi connectivity index (χ0n) is 35.9. The predicted molar refractivity (Wildman–Crippen MR) is 255 cm³/mol. The Morgan fingerprint density at radius 1 is 0.633 bits per heavy atom. The molecule has 10 heteroatoms. The van der Waals surface area contributed by atoms with Gasteiger partial charge in [-0.05, 0) is 136 Å². The Morgan fingerprint density at radius 2 is 1.18 bits per heavy atom. The molecule has 60 heavy (non-hydrogen) atoms. The number of allylic oxidation sites excluding steroid dienone is 1. The Balaban J connectivity index is 0.858. The summed E-state index contributed by atoms with van der Waals surface area (Å²) in [4.78, 5) is 12.7. The van der Waals surface area contributed by atoms with Crippen LogP contribution in [0.4, 0.5) is 45.5 Å². The van der Waals surface area contributed by atoms with Crippen LogP contribution in [0.5, 0.6) is 0 Å². The number of nitrogen functional groups attached to an aromatic ring is 2. The van der Waals surface area contributed by atoms with Crippen LogP contribution in [-0.2, 0) is 0 Å². The monoisotopic (exact) mass is 799 g/mol. The van der Waals surface area contributed by atoms with E-state index in [1.165, 1.54) is 53.6 Å². The third kappa shape index (κ3) is 8.19. The number of aliphatic imine (C=N–C) groups is 1. The van der Waals surface area contributed by atoms with Gasteiger partial charge in [0.2, 0.25) is 16.7 Å². The van der Waals surface area contributed by atoms with Crippen LogP contribution in [0, 0.1) is 20.8 Å². The molecule has 10 nitrogen and oxygen atoms in total. The second kappa shape index (κ2) is 17.4. The minimum absolute atomic E-state index is 0.0243. The number of nitrogens with two attached hydrogens (primary N) is 2. The van der Waals surface area contributed by atoms with Crippen molar-refractivity contribution < 1.29 is 4.57 Å². The van der Waals surface area contributed by atoms with E-state index in [2.05, 4.69) is 131 Å². The molecule has 1 aliphatic heterocycles. The fourth-order valence-corrected chi connectivity index (χ4v) is 8.64. The molecule has 1 unspecified atom stereocenters. The van der Waals surface area contributed by atoms with Crippen molar-refractivity contribution in [2.24, 2.45) is 4.99 Å². The third-order valence-corrected chi connectivity index (χ3v) is 12.0. The average molecular weight is 800 g/mol. The van der Waals surface area contributed by atoms with Crippen LogP contribution in [0.15, 0.2) is 113 Å². The summed E-state index contributed by atoms with van der Waals surface area (Å²) in [6, 6.07) is 29.4. The quantitative estimate of drug-likeness (QED) is 0.0262. The first kappa shape index (κ1) is 40.2. The van der Waals surface area contributed by atoms with Gasteiger partial charge in [0.25, 0.3) is 0 Å². The largest absolute Gasteiger partial charge is 0.399 e. The summed E-state index contributed by atoms with van der Waals surface area (Å²) in [5, 5.41) is 14.2. The number of benzene rings is 5. The van der Waals surface area contributed by atoms with E-state index in [4.69, 9.17) is 21.4 Å². The van der Waals surface area contributed by atoms with Crippen LogP contribution >= 0.6 is 0 Å². The molecule has 5 aromatic carbocycles. The fraction of sp³-hybridized carbons (Fsp3) is 0.300. The Kier molecular flexibility index (Phi) is 11.6. The molecule has 8 N–H and O–H groups in total. The highest BCUT2D eigenvalue weighted by atomic mass is 15.2. The molecule has 308 valence electrons. The smallest absolute Gasteiger partial charge is 0.239 e. The van der Waals surface area contributed by atoms with Crippen molar-refractivity contribution in [1.82, 2.24) is 10.3 Å². The van der Waals surface area contributed by atoms with E-state index in [1.54, 1.807) is 0 Å². The maximum atomic E-state index is 6.10. The topological polar surface area (TPSA) is 133 Å². The van der Waals surface area contributed by atoms with Crippen molar-refractivity contribution in [3.63, 3.8) is 0 Å². The number of aryl methyl sites for hydroxylation is 3. The van der Waals surface area contributed by atoms with Gasteiger partial charge in [-0.2, -0.15) is 0 Å². The number of nitrogens with one attached hydrogen (secondary N) is 4. The van der Waals surface area contributed by atoms with Crippen LogP contribution in [-0.4, -0.2) is 43.9 Å². The van der Waals surface area contributed by atoms with Crippen LogP contribution in [0.3, 0.4) is 0 Å². The Labute approximate surface area is 354 Å². The first-order chi connectivity index (χ1) is 29.1. The lowest BCUT2D eigenvalue weighted by molar-refractivity contribution is -0.538. The lowest BCUT2D eigenvalue weighted by Gasteiger charge is -2.39. The number of hydrogen-bond acceptors (Lipinski definition) is 9. The molecule has 0 saturated heterocycles. The molecule has 0 fully saturated rings. The highest BCUT2D eigenvalue weighted by Gasteiger charge is 2.33. The highest BCUT2D eigenvalue weighted by Crippen LogP contribution is 2.44. The Bertz CT molecular complexity index is 2640. The molecule has 1 aliphatic carbocycles. The highest BCUT2D eigenvalue weighted by molar-refractivity contribution is 6.11. The summed E-state index contributed by atoms with van der Waals surface area (Å²) >= 11 is 0. The van der Waals surface area contributed by atoms with Gasteiger partial charge in [0.1, 0.15) is 11.0 Å². The molecule has 0 amide bonds. The molecule has 0 saturated carbocycles. The summed E-state index contributed by atoms with van der Waals surface area (Å²) in [6.45, 7) is 10.5. The van der Waals surface area contributed by atoms with E-state index < -0.39 is 0 Å². The Morgan fingerprint density at radius 3 is 1.83 bits per heavy atom. The van der Waals surface area contributed by atoms with Gasteiger partial charge in [-0.1, -0.05) is 25.7 Å². The van der Waals surface area contributed by atoms with Gasteiger partial charge in [-0.15, -0.1) is 4.57 Å². The number of aromatic nitrogens is 2. The molecule has 0 spiro atoms. The minimum atomic E-state index is -0.0243. The van der Waals surface area contributed by atoms with Crippen molar-refractivity contribution in [3.8, 4) is 5.69 Å². The first-order valence-corrected chi connectivity index (χ1v) is 21.4. The minimum Gasteiger partial charge on any atom is -0.399 e.